The largest absolute Gasteiger partial charge is 0.491 e. The highest BCUT2D eigenvalue weighted by Crippen LogP contribution is 2.17. The second-order valence-corrected chi connectivity index (χ2v) is 8.44. The lowest BCUT2D eigenvalue weighted by molar-refractivity contribution is -0.125. The topological polar surface area (TPSA) is 138 Å². The monoisotopic (exact) mass is 544 g/mol. The summed E-state index contributed by atoms with van der Waals surface area (Å²) < 4.78 is 27.6. The molecule has 0 radical (unpaired) electrons. The van der Waals surface area contributed by atoms with Crippen molar-refractivity contribution in [3.8, 4) is 11.5 Å². The minimum atomic E-state index is -0.344. The van der Waals surface area contributed by atoms with Gasteiger partial charge in [0.05, 0.1) is 52.5 Å². The van der Waals surface area contributed by atoms with Crippen molar-refractivity contribution in [2.24, 2.45) is 0 Å². The van der Waals surface area contributed by atoms with Gasteiger partial charge in [-0.3, -0.25) is 19.2 Å². The van der Waals surface area contributed by atoms with Crippen LogP contribution in [-0.2, 0) is 33.4 Å². The Bertz CT molecular complexity index is 957. The van der Waals surface area contributed by atoms with Crippen LogP contribution in [0.5, 0.6) is 11.5 Å². The fraction of sp³-hybridized carbons (Fsp3) is 0.429. The molecule has 0 unspecified atom stereocenters. The smallest absolute Gasteiger partial charge is 0.231 e. The van der Waals surface area contributed by atoms with Gasteiger partial charge in [-0.1, -0.05) is 0 Å². The van der Waals surface area contributed by atoms with Crippen LogP contribution in [0.3, 0.4) is 0 Å². The van der Waals surface area contributed by atoms with Gasteiger partial charge in [0.2, 0.25) is 11.8 Å². The number of rotatable bonds is 20. The molecular weight excluding hydrogens is 508 g/mol. The number of amides is 2. The van der Waals surface area contributed by atoms with Gasteiger partial charge in [0.25, 0.3) is 0 Å². The summed E-state index contributed by atoms with van der Waals surface area (Å²) in [6, 6.07) is 13.7. The van der Waals surface area contributed by atoms with E-state index >= 15 is 0 Å². The van der Waals surface area contributed by atoms with Gasteiger partial charge in [0, 0.05) is 11.4 Å². The second kappa shape index (κ2) is 18.5. The number of ether oxygens (including phenoxy) is 5. The maximum Gasteiger partial charge on any atom is 0.231 e. The number of carbonyl (C=O) groups excluding carboxylic acids is 4. The summed E-state index contributed by atoms with van der Waals surface area (Å²) in [7, 11) is 0. The van der Waals surface area contributed by atoms with E-state index in [2.05, 4.69) is 10.6 Å². The Hall–Kier alpha value is -3.80. The number of hydrogen-bond acceptors (Lipinski definition) is 9. The molecule has 2 aromatic rings. The Morgan fingerprint density at radius 2 is 0.821 bits per heavy atom. The molecule has 2 rings (SSSR count). The molecule has 11 heteroatoms. The minimum Gasteiger partial charge on any atom is -0.491 e. The molecule has 0 bridgehead atoms. The standard InChI is InChI=1S/C28H36N2O9/c1-21(31)19-27(33)29-23-3-7-25(8-4-23)38-17-15-36-13-11-35-12-14-37-16-18-39-26-9-5-24(6-10-26)30-28(34)20-22(2)32/h3-10H,11-20H2,1-2H3,(H,29,33)(H,30,34). The van der Waals surface area contributed by atoms with E-state index in [4.69, 9.17) is 23.7 Å². The molecule has 2 amide bonds. The van der Waals surface area contributed by atoms with Crippen LogP contribution < -0.4 is 20.1 Å². The minimum absolute atomic E-state index is 0.145. The molecule has 212 valence electrons. The Balaban J connectivity index is 1.40. The molecular formula is C28H36N2O9. The third-order valence-electron chi connectivity index (χ3n) is 4.83. The first-order valence-corrected chi connectivity index (χ1v) is 12.6. The molecule has 0 saturated heterocycles. The average molecular weight is 545 g/mol. The Morgan fingerprint density at radius 3 is 1.13 bits per heavy atom. The van der Waals surface area contributed by atoms with Gasteiger partial charge in [0.15, 0.2) is 0 Å². The van der Waals surface area contributed by atoms with Gasteiger partial charge in [-0.2, -0.15) is 0 Å². The fourth-order valence-corrected chi connectivity index (χ4v) is 3.11. The predicted molar refractivity (Wildman–Crippen MR) is 144 cm³/mol. The van der Waals surface area contributed by atoms with Crippen molar-refractivity contribution in [3.63, 3.8) is 0 Å². The maximum absolute atomic E-state index is 11.6. The molecule has 0 aromatic heterocycles. The zero-order chi connectivity index (χ0) is 28.3. The van der Waals surface area contributed by atoms with Gasteiger partial charge in [-0.25, -0.2) is 0 Å². The predicted octanol–water partition coefficient (Wildman–Crippen LogP) is 3.03. The first-order chi connectivity index (χ1) is 18.8. The summed E-state index contributed by atoms with van der Waals surface area (Å²) in [5.74, 6) is 0.226. The van der Waals surface area contributed by atoms with Crippen molar-refractivity contribution < 1.29 is 42.9 Å². The zero-order valence-corrected chi connectivity index (χ0v) is 22.4. The van der Waals surface area contributed by atoms with Crippen molar-refractivity contribution in [3.05, 3.63) is 48.5 Å². The summed E-state index contributed by atoms with van der Waals surface area (Å²) in [6.45, 7) is 6.01. The molecule has 0 heterocycles. The molecule has 39 heavy (non-hydrogen) atoms. The van der Waals surface area contributed by atoms with Gasteiger partial charge in [-0.05, 0) is 62.4 Å². The van der Waals surface area contributed by atoms with Gasteiger partial charge in [0.1, 0.15) is 36.3 Å². The molecule has 0 atom stereocenters. The van der Waals surface area contributed by atoms with Crippen LogP contribution in [-0.4, -0.2) is 76.2 Å². The van der Waals surface area contributed by atoms with Crippen molar-refractivity contribution in [1.82, 2.24) is 0 Å². The second-order valence-electron chi connectivity index (χ2n) is 8.44. The fourth-order valence-electron chi connectivity index (χ4n) is 3.11. The molecule has 2 aromatic carbocycles. The normalized spacial score (nSPS) is 10.5. The molecule has 0 spiro atoms. The third kappa shape index (κ3) is 15.3. The van der Waals surface area contributed by atoms with E-state index in [9.17, 15) is 19.2 Å². The van der Waals surface area contributed by atoms with E-state index in [0.29, 0.717) is 75.7 Å². The number of Topliss-reactive ketones (excluding diaryl/α,β-unsaturated/α-hetero) is 2. The number of benzene rings is 2. The van der Waals surface area contributed by atoms with Gasteiger partial charge >= 0.3 is 0 Å². The quantitative estimate of drug-likeness (QED) is 0.190. The molecule has 0 aliphatic heterocycles. The highest BCUT2D eigenvalue weighted by Gasteiger charge is 2.06. The Kier molecular flexibility index (Phi) is 14.9. The summed E-state index contributed by atoms with van der Waals surface area (Å²) in [5, 5.41) is 5.29. The van der Waals surface area contributed by atoms with Crippen molar-refractivity contribution in [2.45, 2.75) is 26.7 Å². The van der Waals surface area contributed by atoms with E-state index in [-0.39, 0.29) is 36.2 Å². The summed E-state index contributed by atoms with van der Waals surface area (Å²) in [4.78, 5) is 45.1. The maximum atomic E-state index is 11.6. The lowest BCUT2D eigenvalue weighted by Gasteiger charge is -2.10. The first-order valence-electron chi connectivity index (χ1n) is 12.6. The molecule has 2 N–H and O–H groups in total. The van der Waals surface area contributed by atoms with E-state index in [0.717, 1.165) is 0 Å². The number of hydrogen-bond donors (Lipinski definition) is 2. The summed E-state index contributed by atoms with van der Waals surface area (Å²) >= 11 is 0. The van der Waals surface area contributed by atoms with E-state index in [1.807, 2.05) is 0 Å². The number of carbonyl (C=O) groups is 4. The molecule has 0 fully saturated rings. The van der Waals surface area contributed by atoms with E-state index < -0.39 is 0 Å². The molecule has 0 saturated carbocycles. The SMILES string of the molecule is CC(=O)CC(=O)Nc1ccc(OCCOCCOCCOCCOc2ccc(NC(=O)CC(C)=O)cc2)cc1. The first kappa shape index (κ1) is 31.4. The lowest BCUT2D eigenvalue weighted by Crippen LogP contribution is -2.15. The molecule has 0 aliphatic rings. The van der Waals surface area contributed by atoms with Crippen LogP contribution in [0.4, 0.5) is 11.4 Å². The Morgan fingerprint density at radius 1 is 0.513 bits per heavy atom. The Labute approximate surface area is 228 Å². The third-order valence-corrected chi connectivity index (χ3v) is 4.83. The highest BCUT2D eigenvalue weighted by atomic mass is 16.6. The van der Waals surface area contributed by atoms with Crippen molar-refractivity contribution >= 4 is 34.8 Å². The van der Waals surface area contributed by atoms with E-state index in [1.165, 1.54) is 13.8 Å². The number of nitrogens with one attached hydrogen (secondary N) is 2. The zero-order valence-electron chi connectivity index (χ0n) is 22.4. The van der Waals surface area contributed by atoms with Crippen LogP contribution in [0.1, 0.15) is 26.7 Å². The van der Waals surface area contributed by atoms with Gasteiger partial charge < -0.3 is 34.3 Å². The van der Waals surface area contributed by atoms with Crippen LogP contribution in [0.2, 0.25) is 0 Å². The molecule has 0 aliphatic carbocycles. The van der Waals surface area contributed by atoms with Gasteiger partial charge in [-0.15, -0.1) is 0 Å². The highest BCUT2D eigenvalue weighted by molar-refractivity contribution is 6.04. The van der Waals surface area contributed by atoms with Crippen molar-refractivity contribution in [2.75, 3.05) is 63.5 Å². The van der Waals surface area contributed by atoms with Crippen molar-refractivity contribution in [1.29, 1.82) is 0 Å². The van der Waals surface area contributed by atoms with Crippen LogP contribution in [0, 0.1) is 0 Å². The number of anilines is 2. The van der Waals surface area contributed by atoms with Crippen LogP contribution in [0.25, 0.3) is 0 Å². The molecule has 11 nitrogen and oxygen atoms in total. The van der Waals surface area contributed by atoms with Crippen LogP contribution >= 0.6 is 0 Å². The summed E-state index contributed by atoms with van der Waals surface area (Å²) in [6.07, 6.45) is -0.290. The van der Waals surface area contributed by atoms with E-state index in [1.54, 1.807) is 48.5 Å². The number of ketones is 2. The van der Waals surface area contributed by atoms with Crippen LogP contribution in [0.15, 0.2) is 48.5 Å². The summed E-state index contributed by atoms with van der Waals surface area (Å²) in [5.41, 5.74) is 1.19. The average Bonchev–Trinajstić information content (AvgIpc) is 2.87. The lowest BCUT2D eigenvalue weighted by atomic mass is 10.2.